The fourth-order valence-corrected chi connectivity index (χ4v) is 11.6. The van der Waals surface area contributed by atoms with Crippen LogP contribution in [0.15, 0.2) is 231 Å². The van der Waals surface area contributed by atoms with E-state index in [4.69, 9.17) is 18.9 Å². The van der Waals surface area contributed by atoms with Gasteiger partial charge in [-0.1, -0.05) is 194 Å². The zero-order valence-electron chi connectivity index (χ0n) is 37.7. The molecule has 0 spiro atoms. The predicted molar refractivity (Wildman–Crippen MR) is 289 cm³/mol. The van der Waals surface area contributed by atoms with Gasteiger partial charge in [-0.3, -0.25) is 0 Å². The van der Waals surface area contributed by atoms with Crippen LogP contribution in [0.5, 0.6) is 46.0 Å². The van der Waals surface area contributed by atoms with Crippen molar-refractivity contribution in [2.24, 2.45) is 0 Å². The summed E-state index contributed by atoms with van der Waals surface area (Å²) in [4.78, 5) is 0. The fraction of sp³-hybridized carbons (Fsp3) is 0. The van der Waals surface area contributed by atoms with Crippen molar-refractivity contribution in [2.45, 2.75) is 0 Å². The summed E-state index contributed by atoms with van der Waals surface area (Å²) in [6.45, 7) is 0.0655. The molecule has 0 saturated heterocycles. The highest BCUT2D eigenvalue weighted by Crippen LogP contribution is 2.46. The molecular weight excluding hydrogens is 854 g/mol. The van der Waals surface area contributed by atoms with E-state index >= 15 is 0 Å². The second-order valence-corrected chi connectivity index (χ2v) is 18.6. The lowest BCUT2D eigenvalue weighted by molar-refractivity contribution is 0.465. The molecule has 0 bridgehead atoms. The minimum atomic E-state index is -0.0344. The van der Waals surface area contributed by atoms with E-state index in [9.17, 15) is 0 Å². The van der Waals surface area contributed by atoms with Gasteiger partial charge in [-0.25, -0.2) is 0 Å². The maximum Gasteiger partial charge on any atom is 0.260 e. The molecule has 0 unspecified atom stereocenters. The Bertz CT molecular complexity index is 3890. The van der Waals surface area contributed by atoms with Crippen LogP contribution in [0.25, 0.3) is 65.3 Å². The van der Waals surface area contributed by atoms with Gasteiger partial charge in [-0.2, -0.15) is 0 Å². The molecule has 0 fully saturated rings. The van der Waals surface area contributed by atoms with Gasteiger partial charge < -0.3 is 18.9 Å². The van der Waals surface area contributed by atoms with Gasteiger partial charge in [0.2, 0.25) is 0 Å². The predicted octanol–water partition coefficient (Wildman–Crippen LogP) is 12.8. The highest BCUT2D eigenvalue weighted by molar-refractivity contribution is 6.99. The van der Waals surface area contributed by atoms with Crippen LogP contribution in [0.3, 0.4) is 0 Å². The molecule has 4 nitrogen and oxygen atoms in total. The zero-order valence-corrected chi connectivity index (χ0v) is 37.7. The van der Waals surface area contributed by atoms with Crippen LogP contribution in [0.1, 0.15) is 0 Å². The maximum absolute atomic E-state index is 6.86. The summed E-state index contributed by atoms with van der Waals surface area (Å²) in [6.07, 6.45) is 0. The van der Waals surface area contributed by atoms with Crippen LogP contribution >= 0.6 is 0 Å². The van der Waals surface area contributed by atoms with Gasteiger partial charge in [0.25, 0.3) is 13.4 Å². The summed E-state index contributed by atoms with van der Waals surface area (Å²) in [7, 11) is 0. The average molecular weight is 893 g/mol. The van der Waals surface area contributed by atoms with Crippen molar-refractivity contribution in [3.8, 4) is 68.2 Å². The SMILES string of the molecule is c1cc2c3c(c1)Oc1cc4ccccc4cc1B3c1cc3ccccc3cc1O2.c1ccc(-c2c3c(cc4ccccc24)B2c4cc5ccccc5c(-c5ccccc5)c4Oc4cccc(c42)O3)cc1. The summed E-state index contributed by atoms with van der Waals surface area (Å²) in [6, 6.07) is 81.2. The van der Waals surface area contributed by atoms with Crippen LogP contribution in [0, 0.1) is 0 Å². The topological polar surface area (TPSA) is 36.9 Å². The van der Waals surface area contributed by atoms with Crippen LogP contribution in [0.2, 0.25) is 0 Å². The van der Waals surface area contributed by atoms with Gasteiger partial charge >= 0.3 is 0 Å². The van der Waals surface area contributed by atoms with Gasteiger partial charge in [0.15, 0.2) is 0 Å². The molecule has 70 heavy (non-hydrogen) atoms. The van der Waals surface area contributed by atoms with E-state index in [-0.39, 0.29) is 13.4 Å². The smallest absolute Gasteiger partial charge is 0.260 e. The lowest BCUT2D eigenvalue weighted by Gasteiger charge is -2.35. The Hall–Kier alpha value is -8.99. The first-order valence-corrected chi connectivity index (χ1v) is 23.9. The molecule has 0 aliphatic carbocycles. The maximum atomic E-state index is 6.86. The molecule has 0 aromatic heterocycles. The Morgan fingerprint density at radius 1 is 0.243 bits per heavy atom. The van der Waals surface area contributed by atoms with Gasteiger partial charge in [0.05, 0.1) is 0 Å². The quantitative estimate of drug-likeness (QED) is 0.162. The third-order valence-electron chi connectivity index (χ3n) is 14.7. The van der Waals surface area contributed by atoms with Crippen molar-refractivity contribution in [3.05, 3.63) is 231 Å². The molecule has 0 saturated carbocycles. The van der Waals surface area contributed by atoms with Crippen LogP contribution in [-0.4, -0.2) is 13.4 Å². The van der Waals surface area contributed by atoms with Crippen molar-refractivity contribution in [3.63, 3.8) is 0 Å². The largest absolute Gasteiger partial charge is 0.458 e. The number of rotatable bonds is 2. The molecule has 0 amide bonds. The molecular formula is C64H38B2O4. The summed E-state index contributed by atoms with van der Waals surface area (Å²) < 4.78 is 26.4. The number of fused-ring (bicyclic) bond motifs is 12. The number of hydrogen-bond acceptors (Lipinski definition) is 4. The van der Waals surface area contributed by atoms with Gasteiger partial charge in [-0.15, -0.1) is 0 Å². The van der Waals surface area contributed by atoms with Crippen molar-refractivity contribution in [2.75, 3.05) is 0 Å². The van der Waals surface area contributed by atoms with Crippen molar-refractivity contribution in [1.82, 2.24) is 0 Å². The Kier molecular flexibility index (Phi) is 8.51. The molecule has 6 heteroatoms. The van der Waals surface area contributed by atoms with Crippen molar-refractivity contribution >= 4 is 89.3 Å². The van der Waals surface area contributed by atoms with E-state index in [0.29, 0.717) is 0 Å². The molecule has 4 aliphatic rings. The number of ether oxygens (including phenoxy) is 4. The third-order valence-corrected chi connectivity index (χ3v) is 14.7. The first kappa shape index (κ1) is 39.0. The standard InChI is InChI=1S/C38H23BO2.C26H15BO2/c1-3-12-24(13-4-1)34-28-18-9-7-16-26(28)22-30-37(34)40-32-20-11-21-33-36(32)39(30)31-23-27-17-8-10-19-29(27)35(38(31)41-33)25-14-5-2-6-15-25;1-3-8-18-14-24-20(12-16(18)6-1)27-21-13-17-7-2-4-9-19(17)15-25(21)29-23-11-5-10-22(28-24)26(23)27/h1-23H;1-15H. The average Bonchev–Trinajstić information content (AvgIpc) is 3.41. The molecule has 0 N–H and O–H groups in total. The van der Waals surface area contributed by atoms with Crippen molar-refractivity contribution in [1.29, 1.82) is 0 Å². The monoisotopic (exact) mass is 892 g/mol. The Morgan fingerprint density at radius 2 is 0.571 bits per heavy atom. The molecule has 0 radical (unpaired) electrons. The Morgan fingerprint density at radius 3 is 1.00 bits per heavy atom. The summed E-state index contributed by atoms with van der Waals surface area (Å²) in [5, 5.41) is 9.61. The van der Waals surface area contributed by atoms with E-state index in [1.54, 1.807) is 0 Å². The highest BCUT2D eigenvalue weighted by Gasteiger charge is 2.43. The van der Waals surface area contributed by atoms with Crippen LogP contribution < -0.4 is 51.7 Å². The van der Waals surface area contributed by atoms with E-state index in [0.717, 1.165) is 79.2 Å². The minimum absolute atomic E-state index is 0.0344. The van der Waals surface area contributed by atoms with E-state index in [1.807, 2.05) is 24.3 Å². The van der Waals surface area contributed by atoms with Crippen LogP contribution in [0.4, 0.5) is 0 Å². The highest BCUT2D eigenvalue weighted by atomic mass is 16.5. The second-order valence-electron chi connectivity index (χ2n) is 18.6. The number of hydrogen-bond donors (Lipinski definition) is 0. The summed E-state index contributed by atoms with van der Waals surface area (Å²) in [5.41, 5.74) is 11.5. The fourth-order valence-electron chi connectivity index (χ4n) is 11.6. The number of benzene rings is 12. The second kappa shape index (κ2) is 15.3. The molecule has 12 aromatic rings. The lowest BCUT2D eigenvalue weighted by atomic mass is 9.34. The van der Waals surface area contributed by atoms with E-state index < -0.39 is 0 Å². The normalized spacial score (nSPS) is 13.0. The zero-order chi connectivity index (χ0) is 45.9. The van der Waals surface area contributed by atoms with E-state index in [2.05, 4.69) is 206 Å². The van der Waals surface area contributed by atoms with Gasteiger partial charge in [0, 0.05) is 22.1 Å². The molecule has 12 aromatic carbocycles. The molecule has 16 rings (SSSR count). The first-order valence-electron chi connectivity index (χ1n) is 23.9. The van der Waals surface area contributed by atoms with E-state index in [1.165, 1.54) is 64.9 Å². The van der Waals surface area contributed by atoms with Gasteiger partial charge in [-0.05, 0) is 112 Å². The summed E-state index contributed by atoms with van der Waals surface area (Å²) in [5.74, 6) is 7.18. The Labute approximate surface area is 405 Å². The summed E-state index contributed by atoms with van der Waals surface area (Å²) >= 11 is 0. The van der Waals surface area contributed by atoms with Crippen LogP contribution in [-0.2, 0) is 0 Å². The molecule has 324 valence electrons. The first-order chi connectivity index (χ1) is 34.7. The lowest BCUT2D eigenvalue weighted by Crippen LogP contribution is -2.57. The minimum Gasteiger partial charge on any atom is -0.458 e. The molecule has 4 heterocycles. The molecule has 0 atom stereocenters. The van der Waals surface area contributed by atoms with Gasteiger partial charge in [0.1, 0.15) is 46.0 Å². The third kappa shape index (κ3) is 5.93. The Balaban J connectivity index is 0.000000134. The van der Waals surface area contributed by atoms with Crippen molar-refractivity contribution < 1.29 is 18.9 Å². The molecule has 4 aliphatic heterocycles.